The van der Waals surface area contributed by atoms with Crippen molar-refractivity contribution in [2.24, 2.45) is 0 Å². The van der Waals surface area contributed by atoms with E-state index >= 15 is 0 Å². The Labute approximate surface area is 174 Å². The lowest BCUT2D eigenvalue weighted by atomic mass is 10.1. The number of ether oxygens (including phenoxy) is 1. The topological polar surface area (TPSA) is 77.2 Å². The van der Waals surface area contributed by atoms with Gasteiger partial charge in [-0.2, -0.15) is 13.2 Å². The van der Waals surface area contributed by atoms with Gasteiger partial charge in [0, 0.05) is 11.6 Å². The monoisotopic (exact) mass is 425 g/mol. The minimum absolute atomic E-state index is 0.140. The zero-order valence-electron chi connectivity index (χ0n) is 15.8. The first-order chi connectivity index (χ1) is 14.9. The first kappa shape index (κ1) is 20.1. The lowest BCUT2D eigenvalue weighted by Crippen LogP contribution is -2.11. The fourth-order valence-corrected chi connectivity index (χ4v) is 2.75. The lowest BCUT2D eigenvalue weighted by molar-refractivity contribution is -0.137. The number of para-hydroxylation sites is 2. The molecule has 0 radical (unpaired) electrons. The molecule has 1 amide bonds. The number of carbonyl (C=O) groups excluding carboxylic acids is 1. The standard InChI is InChI=1S/C22H14F3N3O3/c23-22(24,25)15-9-7-14(8-10-15)17-12-20(27-13-26-17)31-18-5-2-1-4-16(18)28-21(29)19-6-3-11-30-19/h1-13H,(H,28,29). The summed E-state index contributed by atoms with van der Waals surface area (Å²) in [6, 6.07) is 16.0. The van der Waals surface area contributed by atoms with Crippen LogP contribution in [0.1, 0.15) is 16.1 Å². The number of aromatic nitrogens is 2. The number of hydrogen-bond acceptors (Lipinski definition) is 5. The minimum atomic E-state index is -4.41. The molecule has 2 heterocycles. The zero-order valence-corrected chi connectivity index (χ0v) is 15.8. The third-order valence-corrected chi connectivity index (χ3v) is 4.24. The Morgan fingerprint density at radius 2 is 1.74 bits per heavy atom. The van der Waals surface area contributed by atoms with Gasteiger partial charge in [-0.1, -0.05) is 24.3 Å². The number of rotatable bonds is 5. The molecule has 156 valence electrons. The molecule has 2 aromatic heterocycles. The molecule has 1 N–H and O–H groups in total. The third kappa shape index (κ3) is 4.72. The summed E-state index contributed by atoms with van der Waals surface area (Å²) in [6.07, 6.45) is -1.78. The number of furan rings is 1. The van der Waals surface area contributed by atoms with Crippen LogP contribution in [-0.4, -0.2) is 15.9 Å². The highest BCUT2D eigenvalue weighted by atomic mass is 19.4. The largest absolute Gasteiger partial charge is 0.459 e. The van der Waals surface area contributed by atoms with Crippen LogP contribution in [0.4, 0.5) is 18.9 Å². The molecule has 9 heteroatoms. The van der Waals surface area contributed by atoms with Gasteiger partial charge in [0.15, 0.2) is 11.5 Å². The van der Waals surface area contributed by atoms with E-state index in [1.54, 1.807) is 30.3 Å². The molecule has 31 heavy (non-hydrogen) atoms. The normalized spacial score (nSPS) is 11.2. The van der Waals surface area contributed by atoms with E-state index in [1.165, 1.54) is 36.9 Å². The van der Waals surface area contributed by atoms with Crippen molar-refractivity contribution in [3.05, 3.63) is 90.6 Å². The summed E-state index contributed by atoms with van der Waals surface area (Å²) in [5.74, 6) is 0.166. The van der Waals surface area contributed by atoms with Crippen molar-refractivity contribution in [3.63, 3.8) is 0 Å². The number of hydrogen-bond donors (Lipinski definition) is 1. The van der Waals surface area contributed by atoms with Gasteiger partial charge in [0.25, 0.3) is 5.91 Å². The molecule has 0 saturated heterocycles. The van der Waals surface area contributed by atoms with E-state index in [4.69, 9.17) is 9.15 Å². The van der Waals surface area contributed by atoms with Crippen LogP contribution < -0.4 is 10.1 Å². The predicted octanol–water partition coefficient (Wildman–Crippen LogP) is 5.80. The number of halogens is 3. The van der Waals surface area contributed by atoms with Crippen LogP contribution in [0.15, 0.2) is 83.7 Å². The maximum absolute atomic E-state index is 12.8. The van der Waals surface area contributed by atoms with Crippen molar-refractivity contribution in [1.29, 1.82) is 0 Å². The van der Waals surface area contributed by atoms with Gasteiger partial charge in [-0.15, -0.1) is 0 Å². The summed E-state index contributed by atoms with van der Waals surface area (Å²) < 4.78 is 49.2. The van der Waals surface area contributed by atoms with Crippen molar-refractivity contribution in [3.8, 4) is 22.9 Å². The van der Waals surface area contributed by atoms with Gasteiger partial charge in [-0.25, -0.2) is 9.97 Å². The van der Waals surface area contributed by atoms with E-state index in [-0.39, 0.29) is 11.6 Å². The van der Waals surface area contributed by atoms with E-state index in [9.17, 15) is 18.0 Å². The molecule has 0 saturated carbocycles. The maximum atomic E-state index is 12.8. The lowest BCUT2D eigenvalue weighted by Gasteiger charge is -2.12. The number of amides is 1. The molecule has 4 aromatic rings. The predicted molar refractivity (Wildman–Crippen MR) is 106 cm³/mol. The number of benzene rings is 2. The average Bonchev–Trinajstić information content (AvgIpc) is 3.30. The van der Waals surface area contributed by atoms with Gasteiger partial charge >= 0.3 is 6.18 Å². The number of nitrogens with zero attached hydrogens (tertiary/aromatic N) is 2. The number of nitrogens with one attached hydrogen (secondary N) is 1. The van der Waals surface area contributed by atoms with Gasteiger partial charge in [0.2, 0.25) is 5.88 Å². The van der Waals surface area contributed by atoms with Crippen LogP contribution in [0.3, 0.4) is 0 Å². The molecule has 6 nitrogen and oxygen atoms in total. The van der Waals surface area contributed by atoms with Crippen LogP contribution in [0.5, 0.6) is 11.6 Å². The fourth-order valence-electron chi connectivity index (χ4n) is 2.75. The second-order valence-corrected chi connectivity index (χ2v) is 6.35. The second kappa shape index (κ2) is 8.31. The Balaban J connectivity index is 1.55. The Hall–Kier alpha value is -4.14. The summed E-state index contributed by atoms with van der Waals surface area (Å²) in [5.41, 5.74) is 0.497. The summed E-state index contributed by atoms with van der Waals surface area (Å²) in [4.78, 5) is 20.4. The molecule has 0 aliphatic rings. The highest BCUT2D eigenvalue weighted by Crippen LogP contribution is 2.32. The smallest absolute Gasteiger partial charge is 0.416 e. The highest BCUT2D eigenvalue weighted by molar-refractivity contribution is 6.03. The van der Waals surface area contributed by atoms with Crippen molar-refractivity contribution in [1.82, 2.24) is 9.97 Å². The summed E-state index contributed by atoms with van der Waals surface area (Å²) >= 11 is 0. The Kier molecular flexibility index (Phi) is 5.40. The molecule has 4 rings (SSSR count). The van der Waals surface area contributed by atoms with Crippen LogP contribution in [0, 0.1) is 0 Å². The number of anilines is 1. The van der Waals surface area contributed by atoms with Crippen LogP contribution in [0.25, 0.3) is 11.3 Å². The van der Waals surface area contributed by atoms with Crippen molar-refractivity contribution in [2.75, 3.05) is 5.32 Å². The summed E-state index contributed by atoms with van der Waals surface area (Å²) in [6.45, 7) is 0. The van der Waals surface area contributed by atoms with Crippen LogP contribution in [-0.2, 0) is 6.18 Å². The van der Waals surface area contributed by atoms with Crippen molar-refractivity contribution >= 4 is 11.6 Å². The van der Waals surface area contributed by atoms with E-state index < -0.39 is 17.6 Å². The third-order valence-electron chi connectivity index (χ3n) is 4.24. The number of carbonyl (C=O) groups is 1. The summed E-state index contributed by atoms with van der Waals surface area (Å²) in [7, 11) is 0. The maximum Gasteiger partial charge on any atom is 0.416 e. The van der Waals surface area contributed by atoms with Gasteiger partial charge < -0.3 is 14.5 Å². The van der Waals surface area contributed by atoms with Crippen molar-refractivity contribution < 1.29 is 27.1 Å². The van der Waals surface area contributed by atoms with Crippen LogP contribution in [0.2, 0.25) is 0 Å². The second-order valence-electron chi connectivity index (χ2n) is 6.35. The highest BCUT2D eigenvalue weighted by Gasteiger charge is 2.30. The first-order valence-electron chi connectivity index (χ1n) is 9.01. The molecule has 0 spiro atoms. The average molecular weight is 425 g/mol. The van der Waals surface area contributed by atoms with E-state index in [2.05, 4.69) is 15.3 Å². The molecule has 0 aliphatic carbocycles. The Morgan fingerprint density at radius 1 is 0.968 bits per heavy atom. The number of alkyl halides is 3. The molecule has 0 bridgehead atoms. The fraction of sp³-hybridized carbons (Fsp3) is 0.0455. The van der Waals surface area contributed by atoms with Gasteiger partial charge in [-0.05, 0) is 36.4 Å². The minimum Gasteiger partial charge on any atom is -0.459 e. The summed E-state index contributed by atoms with van der Waals surface area (Å²) in [5, 5.41) is 2.69. The quantitative estimate of drug-likeness (QED) is 0.437. The molecular weight excluding hydrogens is 411 g/mol. The van der Waals surface area contributed by atoms with Crippen LogP contribution >= 0.6 is 0 Å². The zero-order chi connectivity index (χ0) is 21.8. The molecule has 2 aromatic carbocycles. The molecule has 0 atom stereocenters. The Bertz CT molecular complexity index is 1190. The van der Waals surface area contributed by atoms with Gasteiger partial charge in [-0.3, -0.25) is 4.79 Å². The van der Waals surface area contributed by atoms with E-state index in [0.717, 1.165) is 12.1 Å². The molecule has 0 unspecified atom stereocenters. The molecule has 0 fully saturated rings. The van der Waals surface area contributed by atoms with E-state index in [1.807, 2.05) is 0 Å². The molecular formula is C22H14F3N3O3. The molecule has 0 aliphatic heterocycles. The van der Waals surface area contributed by atoms with Crippen molar-refractivity contribution in [2.45, 2.75) is 6.18 Å². The first-order valence-corrected chi connectivity index (χ1v) is 9.01. The SMILES string of the molecule is O=C(Nc1ccccc1Oc1cc(-c2ccc(C(F)(F)F)cc2)ncn1)c1ccco1. The van der Waals surface area contributed by atoms with E-state index in [0.29, 0.717) is 22.7 Å². The van der Waals surface area contributed by atoms with Gasteiger partial charge in [0.05, 0.1) is 23.2 Å². The Morgan fingerprint density at radius 3 is 2.45 bits per heavy atom. The van der Waals surface area contributed by atoms with Gasteiger partial charge in [0.1, 0.15) is 6.33 Å².